The fourth-order valence-electron chi connectivity index (χ4n) is 3.66. The molecule has 2 aliphatic heterocycles. The Morgan fingerprint density at radius 3 is 2.68 bits per heavy atom. The summed E-state index contributed by atoms with van der Waals surface area (Å²) in [6, 6.07) is 11.7. The Morgan fingerprint density at radius 2 is 1.90 bits per heavy atom. The van der Waals surface area contributed by atoms with E-state index >= 15 is 0 Å². The summed E-state index contributed by atoms with van der Waals surface area (Å²) in [6.45, 7) is 3.84. The van der Waals surface area contributed by atoms with E-state index in [0.717, 1.165) is 19.6 Å². The molecule has 0 radical (unpaired) electrons. The summed E-state index contributed by atoms with van der Waals surface area (Å²) in [7, 11) is 0. The van der Waals surface area contributed by atoms with Crippen LogP contribution in [0.4, 0.5) is 11.4 Å². The first-order chi connectivity index (χ1) is 15.1. The van der Waals surface area contributed by atoms with Gasteiger partial charge in [-0.1, -0.05) is 12.1 Å². The first kappa shape index (κ1) is 20.7. The van der Waals surface area contributed by atoms with Crippen LogP contribution in [0, 0.1) is 15.5 Å². The van der Waals surface area contributed by atoms with E-state index in [1.807, 2.05) is 18.2 Å². The van der Waals surface area contributed by atoms with Crippen molar-refractivity contribution < 1.29 is 14.4 Å². The molecule has 2 N–H and O–H groups in total. The SMILES string of the molecule is N=C1C=CNCN1c1ccccc1Oc1cc([N+](=O)[O-])ccc1OCCN1CCCC1. The molecule has 4 rings (SSSR count). The minimum absolute atomic E-state index is 0.0744. The minimum atomic E-state index is -0.457. The first-order valence-corrected chi connectivity index (χ1v) is 10.3. The van der Waals surface area contributed by atoms with Crippen molar-refractivity contribution in [2.45, 2.75) is 12.8 Å². The van der Waals surface area contributed by atoms with E-state index in [0.29, 0.717) is 36.3 Å². The third kappa shape index (κ3) is 4.95. The van der Waals surface area contributed by atoms with Crippen LogP contribution in [0.15, 0.2) is 54.7 Å². The zero-order valence-electron chi connectivity index (χ0n) is 17.1. The number of nitrogens with zero attached hydrogens (tertiary/aromatic N) is 3. The Hall–Kier alpha value is -3.59. The van der Waals surface area contributed by atoms with Gasteiger partial charge in [-0.2, -0.15) is 0 Å². The Kier molecular flexibility index (Phi) is 6.32. The van der Waals surface area contributed by atoms with Gasteiger partial charge in [0, 0.05) is 18.8 Å². The number of nitro benzene ring substituents is 1. The van der Waals surface area contributed by atoms with Crippen LogP contribution < -0.4 is 19.7 Å². The van der Waals surface area contributed by atoms with Gasteiger partial charge in [-0.15, -0.1) is 0 Å². The maximum Gasteiger partial charge on any atom is 0.273 e. The quantitative estimate of drug-likeness (QED) is 0.493. The summed E-state index contributed by atoms with van der Waals surface area (Å²) in [4.78, 5) is 14.9. The highest BCUT2D eigenvalue weighted by Gasteiger charge is 2.20. The second-order valence-electron chi connectivity index (χ2n) is 7.36. The van der Waals surface area contributed by atoms with Gasteiger partial charge < -0.3 is 19.7 Å². The van der Waals surface area contributed by atoms with Crippen LogP contribution in [0.5, 0.6) is 17.2 Å². The molecule has 0 bridgehead atoms. The van der Waals surface area contributed by atoms with Gasteiger partial charge in [-0.05, 0) is 50.2 Å². The molecule has 2 aromatic carbocycles. The lowest BCUT2D eigenvalue weighted by Crippen LogP contribution is -2.39. The van der Waals surface area contributed by atoms with Crippen molar-refractivity contribution >= 4 is 17.2 Å². The highest BCUT2D eigenvalue weighted by Crippen LogP contribution is 2.39. The summed E-state index contributed by atoms with van der Waals surface area (Å²) in [6.07, 6.45) is 5.78. The van der Waals surface area contributed by atoms with Gasteiger partial charge in [-0.3, -0.25) is 20.4 Å². The monoisotopic (exact) mass is 423 g/mol. The third-order valence-electron chi connectivity index (χ3n) is 5.28. The van der Waals surface area contributed by atoms with Crippen LogP contribution in [-0.2, 0) is 0 Å². The Bertz CT molecular complexity index is 988. The lowest BCUT2D eigenvalue weighted by molar-refractivity contribution is -0.384. The molecule has 2 aromatic rings. The average Bonchev–Trinajstić information content (AvgIpc) is 3.29. The van der Waals surface area contributed by atoms with E-state index in [9.17, 15) is 10.1 Å². The molecule has 9 nitrogen and oxygen atoms in total. The van der Waals surface area contributed by atoms with Crippen LogP contribution in [0.3, 0.4) is 0 Å². The molecule has 0 atom stereocenters. The zero-order chi connectivity index (χ0) is 21.6. The second kappa shape index (κ2) is 9.48. The van der Waals surface area contributed by atoms with Gasteiger partial charge in [0.25, 0.3) is 5.69 Å². The number of nitrogens with one attached hydrogen (secondary N) is 2. The number of hydrogen-bond acceptors (Lipinski definition) is 7. The molecular formula is C22H25N5O4. The average molecular weight is 423 g/mol. The standard InChI is InChI=1S/C22H25N5O4/c23-22-9-10-24-16-26(22)18-5-1-2-6-19(18)31-21-15-17(27(28)29)7-8-20(21)30-14-13-25-11-3-4-12-25/h1-2,5-10,15,23-24H,3-4,11-14,16H2. The van der Waals surface area contributed by atoms with Crippen molar-refractivity contribution in [1.29, 1.82) is 5.41 Å². The molecular weight excluding hydrogens is 398 g/mol. The van der Waals surface area contributed by atoms with Crippen molar-refractivity contribution in [2.24, 2.45) is 0 Å². The number of ether oxygens (including phenoxy) is 2. The molecule has 9 heteroatoms. The van der Waals surface area contributed by atoms with E-state index in [1.165, 1.54) is 25.0 Å². The molecule has 0 spiro atoms. The lowest BCUT2D eigenvalue weighted by Gasteiger charge is -2.28. The van der Waals surface area contributed by atoms with E-state index in [4.69, 9.17) is 14.9 Å². The third-order valence-corrected chi connectivity index (χ3v) is 5.28. The molecule has 162 valence electrons. The van der Waals surface area contributed by atoms with Crippen LogP contribution in [-0.4, -0.2) is 48.6 Å². The summed E-state index contributed by atoms with van der Waals surface area (Å²) < 4.78 is 12.1. The number of para-hydroxylation sites is 2. The zero-order valence-corrected chi connectivity index (χ0v) is 17.1. The van der Waals surface area contributed by atoms with Gasteiger partial charge >= 0.3 is 0 Å². The number of likely N-dealkylation sites (tertiary alicyclic amines) is 1. The van der Waals surface area contributed by atoms with Crippen molar-refractivity contribution in [3.8, 4) is 17.2 Å². The molecule has 1 saturated heterocycles. The number of anilines is 1. The summed E-state index contributed by atoms with van der Waals surface area (Å²) >= 11 is 0. The Labute approximate surface area is 180 Å². The van der Waals surface area contributed by atoms with Crippen molar-refractivity contribution in [1.82, 2.24) is 10.2 Å². The van der Waals surface area contributed by atoms with Crippen LogP contribution in [0.25, 0.3) is 0 Å². The number of rotatable bonds is 8. The van der Waals surface area contributed by atoms with E-state index in [-0.39, 0.29) is 11.4 Å². The first-order valence-electron chi connectivity index (χ1n) is 10.3. The molecule has 0 aliphatic carbocycles. The van der Waals surface area contributed by atoms with E-state index < -0.39 is 4.92 Å². The predicted octanol–water partition coefficient (Wildman–Crippen LogP) is 3.72. The number of amidine groups is 1. The second-order valence-corrected chi connectivity index (χ2v) is 7.36. The number of benzene rings is 2. The smallest absolute Gasteiger partial charge is 0.273 e. The number of non-ortho nitro benzene ring substituents is 1. The molecule has 31 heavy (non-hydrogen) atoms. The fourth-order valence-corrected chi connectivity index (χ4v) is 3.66. The van der Waals surface area contributed by atoms with Crippen molar-refractivity contribution in [3.63, 3.8) is 0 Å². The van der Waals surface area contributed by atoms with Gasteiger partial charge in [0.15, 0.2) is 17.2 Å². The van der Waals surface area contributed by atoms with E-state index in [2.05, 4.69) is 10.2 Å². The van der Waals surface area contributed by atoms with Crippen LogP contribution in [0.2, 0.25) is 0 Å². The maximum absolute atomic E-state index is 11.3. The molecule has 2 heterocycles. The Balaban J connectivity index is 1.57. The fraction of sp³-hybridized carbons (Fsp3) is 0.318. The van der Waals surface area contributed by atoms with Crippen molar-refractivity contribution in [2.75, 3.05) is 37.8 Å². The molecule has 1 fully saturated rings. The highest BCUT2D eigenvalue weighted by atomic mass is 16.6. The van der Waals surface area contributed by atoms with E-state index in [1.54, 1.807) is 29.3 Å². The minimum Gasteiger partial charge on any atom is -0.488 e. The van der Waals surface area contributed by atoms with Gasteiger partial charge in [-0.25, -0.2) is 0 Å². The van der Waals surface area contributed by atoms with Crippen LogP contribution in [0.1, 0.15) is 12.8 Å². The number of nitro groups is 1. The highest BCUT2D eigenvalue weighted by molar-refractivity contribution is 6.05. The molecule has 2 aliphatic rings. The molecule has 0 saturated carbocycles. The van der Waals surface area contributed by atoms with Crippen molar-refractivity contribution in [3.05, 3.63) is 64.9 Å². The summed E-state index contributed by atoms with van der Waals surface area (Å²) in [5.74, 6) is 1.52. The Morgan fingerprint density at radius 1 is 1.10 bits per heavy atom. The largest absolute Gasteiger partial charge is 0.488 e. The molecule has 0 amide bonds. The maximum atomic E-state index is 11.3. The topological polar surface area (TPSA) is 104 Å². The van der Waals surface area contributed by atoms with Gasteiger partial charge in [0.2, 0.25) is 0 Å². The normalized spacial score (nSPS) is 16.3. The van der Waals surface area contributed by atoms with Gasteiger partial charge in [0.1, 0.15) is 12.4 Å². The summed E-state index contributed by atoms with van der Waals surface area (Å²) in [5.41, 5.74) is 0.605. The molecule has 0 unspecified atom stereocenters. The van der Waals surface area contributed by atoms with Crippen LogP contribution >= 0.6 is 0 Å². The molecule has 0 aromatic heterocycles. The predicted molar refractivity (Wildman–Crippen MR) is 118 cm³/mol. The number of hydrogen-bond donors (Lipinski definition) is 2. The lowest BCUT2D eigenvalue weighted by atomic mass is 10.2. The summed E-state index contributed by atoms with van der Waals surface area (Å²) in [5, 5.41) is 22.6. The van der Waals surface area contributed by atoms with Gasteiger partial charge in [0.05, 0.1) is 23.3 Å².